The van der Waals surface area contributed by atoms with Gasteiger partial charge in [-0.15, -0.1) is 0 Å². The molecule has 0 heterocycles. The van der Waals surface area contributed by atoms with E-state index in [1.807, 2.05) is 24.3 Å². The third-order valence-electron chi connectivity index (χ3n) is 4.87. The van der Waals surface area contributed by atoms with Crippen molar-refractivity contribution in [3.05, 3.63) is 47.5 Å². The molecule has 0 aromatic heterocycles. The van der Waals surface area contributed by atoms with Crippen LogP contribution in [0.15, 0.2) is 42.0 Å². The minimum absolute atomic E-state index is 0.174. The van der Waals surface area contributed by atoms with Gasteiger partial charge in [0.2, 0.25) is 5.79 Å². The highest BCUT2D eigenvalue weighted by Crippen LogP contribution is 2.49. The van der Waals surface area contributed by atoms with Crippen LogP contribution in [0.4, 0.5) is 0 Å². The predicted molar refractivity (Wildman–Crippen MR) is 98.2 cm³/mol. The van der Waals surface area contributed by atoms with Crippen molar-refractivity contribution in [2.75, 3.05) is 28.4 Å². The summed E-state index contributed by atoms with van der Waals surface area (Å²) in [5.74, 6) is -2.32. The van der Waals surface area contributed by atoms with Gasteiger partial charge in [0.15, 0.2) is 5.79 Å². The molecule has 136 valence electrons. The van der Waals surface area contributed by atoms with E-state index in [1.165, 1.54) is 0 Å². The molecule has 0 N–H and O–H groups in total. The maximum atomic E-state index is 9.33. The summed E-state index contributed by atoms with van der Waals surface area (Å²) in [6.07, 6.45) is 2.78. The molecule has 1 aromatic rings. The molecule has 0 saturated carbocycles. The van der Waals surface area contributed by atoms with Gasteiger partial charge in [-0.1, -0.05) is 46.3 Å². The molecule has 5 nitrogen and oxygen atoms in total. The highest BCUT2D eigenvalue weighted by Gasteiger charge is 2.59. The van der Waals surface area contributed by atoms with E-state index in [0.717, 1.165) is 11.1 Å². The average Bonchev–Trinajstić information content (AvgIpc) is 2.66. The van der Waals surface area contributed by atoms with Gasteiger partial charge in [-0.25, -0.2) is 0 Å². The molecular weight excluding hydrogens is 386 g/mol. The Morgan fingerprint density at radius 3 is 2.12 bits per heavy atom. The molecule has 1 aliphatic rings. The van der Waals surface area contributed by atoms with Gasteiger partial charge in [0, 0.05) is 34.4 Å². The molecule has 0 radical (unpaired) electrons. The van der Waals surface area contributed by atoms with Crippen molar-refractivity contribution in [2.45, 2.75) is 29.2 Å². The van der Waals surface area contributed by atoms with Crippen LogP contribution in [0.25, 0.3) is 0 Å². The van der Waals surface area contributed by atoms with E-state index in [4.69, 9.17) is 18.9 Å². The second-order valence-corrected chi connectivity index (χ2v) is 6.83. The highest BCUT2D eigenvalue weighted by atomic mass is 79.9. The van der Waals surface area contributed by atoms with Gasteiger partial charge < -0.3 is 18.9 Å². The van der Waals surface area contributed by atoms with Gasteiger partial charge in [0.1, 0.15) is 4.83 Å². The molecule has 0 aliphatic heterocycles. The Bertz CT molecular complexity index is 633. The van der Waals surface area contributed by atoms with Crippen LogP contribution in [-0.2, 0) is 25.4 Å². The number of hydrogen-bond acceptors (Lipinski definition) is 5. The van der Waals surface area contributed by atoms with Crippen LogP contribution in [0.5, 0.6) is 0 Å². The van der Waals surface area contributed by atoms with E-state index in [0.29, 0.717) is 6.42 Å². The summed E-state index contributed by atoms with van der Waals surface area (Å²) in [5, 5.41) is 9.33. The summed E-state index contributed by atoms with van der Waals surface area (Å²) in [6.45, 7) is 0. The fraction of sp³-hybridized carbons (Fsp3) is 0.526. The first-order chi connectivity index (χ1) is 12.0. The first-order valence-corrected chi connectivity index (χ1v) is 8.92. The van der Waals surface area contributed by atoms with Crippen LogP contribution in [0.2, 0.25) is 0 Å². The number of benzene rings is 1. The van der Waals surface area contributed by atoms with Crippen LogP contribution in [0.1, 0.15) is 12.0 Å². The molecule has 2 rings (SSSR count). The third kappa shape index (κ3) is 3.53. The lowest BCUT2D eigenvalue weighted by Gasteiger charge is -2.51. The molecule has 0 spiro atoms. The Labute approximate surface area is 157 Å². The zero-order valence-electron chi connectivity index (χ0n) is 15.0. The van der Waals surface area contributed by atoms with E-state index in [-0.39, 0.29) is 12.3 Å². The number of halogens is 1. The average molecular weight is 410 g/mol. The third-order valence-corrected chi connectivity index (χ3v) is 6.14. The molecule has 1 aliphatic carbocycles. The predicted octanol–water partition coefficient (Wildman–Crippen LogP) is 3.44. The molecule has 2 unspecified atom stereocenters. The summed E-state index contributed by atoms with van der Waals surface area (Å²) in [6, 6.07) is 12.3. The van der Waals surface area contributed by atoms with E-state index in [1.54, 1.807) is 28.4 Å². The molecular formula is C19H24BrNO4. The quantitative estimate of drug-likeness (QED) is 0.392. The lowest BCUT2D eigenvalue weighted by Crippen LogP contribution is -2.63. The fourth-order valence-corrected chi connectivity index (χ4v) is 4.72. The zero-order chi connectivity index (χ0) is 18.5. The molecule has 0 fully saturated rings. The largest absolute Gasteiger partial charge is 0.351 e. The summed E-state index contributed by atoms with van der Waals surface area (Å²) >= 11 is 3.68. The summed E-state index contributed by atoms with van der Waals surface area (Å²) in [4.78, 5) is -0.436. The number of ether oxygens (including phenoxy) is 4. The first kappa shape index (κ1) is 20.1. The molecule has 0 amide bonds. The Hall–Kier alpha value is -1.23. The number of hydrogen-bond donors (Lipinski definition) is 0. The Balaban J connectivity index is 2.59. The van der Waals surface area contributed by atoms with Crippen molar-refractivity contribution < 1.29 is 18.9 Å². The van der Waals surface area contributed by atoms with Gasteiger partial charge in [-0.05, 0) is 23.6 Å². The lowest BCUT2D eigenvalue weighted by atomic mass is 9.74. The molecule has 0 saturated heterocycles. The van der Waals surface area contributed by atoms with E-state index in [2.05, 4.69) is 34.1 Å². The van der Waals surface area contributed by atoms with Crippen molar-refractivity contribution in [3.63, 3.8) is 0 Å². The van der Waals surface area contributed by atoms with Crippen LogP contribution in [-0.4, -0.2) is 44.8 Å². The van der Waals surface area contributed by atoms with Gasteiger partial charge >= 0.3 is 0 Å². The molecule has 1 aromatic carbocycles. The first-order valence-electron chi connectivity index (χ1n) is 8.00. The maximum Gasteiger partial charge on any atom is 0.205 e. The minimum atomic E-state index is -1.09. The van der Waals surface area contributed by atoms with Crippen LogP contribution < -0.4 is 0 Å². The van der Waals surface area contributed by atoms with Gasteiger partial charge in [0.25, 0.3) is 0 Å². The Morgan fingerprint density at radius 1 is 1.04 bits per heavy atom. The van der Waals surface area contributed by atoms with Crippen LogP contribution >= 0.6 is 15.9 Å². The van der Waals surface area contributed by atoms with Gasteiger partial charge in [-0.2, -0.15) is 5.26 Å². The number of rotatable bonds is 7. The molecule has 2 atom stereocenters. The van der Waals surface area contributed by atoms with E-state index >= 15 is 0 Å². The highest BCUT2D eigenvalue weighted by molar-refractivity contribution is 9.09. The minimum Gasteiger partial charge on any atom is -0.351 e. The fourth-order valence-electron chi connectivity index (χ4n) is 3.52. The number of methoxy groups -OCH3 is 4. The Kier molecular flexibility index (Phi) is 6.78. The number of alkyl halides is 1. The number of nitrogens with zero attached hydrogens (tertiary/aromatic N) is 1. The van der Waals surface area contributed by atoms with Crippen LogP contribution in [0.3, 0.4) is 0 Å². The second kappa shape index (κ2) is 8.43. The smallest absolute Gasteiger partial charge is 0.205 e. The standard InChI is InChI=1S/C19H24BrNO4/c1-22-18(23-2)13-15(10-11-21)16(12-14-8-6-5-7-9-14)19(24-3,25-4)17(18)20/h5-9,13,16-17H,10,12H2,1-4H3. The number of nitriles is 1. The molecule has 6 heteroatoms. The van der Waals surface area contributed by atoms with Crippen molar-refractivity contribution >= 4 is 15.9 Å². The van der Waals surface area contributed by atoms with E-state index in [9.17, 15) is 5.26 Å². The zero-order valence-corrected chi connectivity index (χ0v) is 16.6. The monoisotopic (exact) mass is 409 g/mol. The SMILES string of the molecule is COC1(OC)C=C(CC#N)C(Cc2ccccc2)C(OC)(OC)C1Br. The van der Waals surface area contributed by atoms with Crippen LogP contribution in [0, 0.1) is 17.2 Å². The maximum absolute atomic E-state index is 9.33. The lowest BCUT2D eigenvalue weighted by molar-refractivity contribution is -0.290. The Morgan fingerprint density at radius 2 is 1.64 bits per heavy atom. The summed E-state index contributed by atoms with van der Waals surface area (Å²) in [7, 11) is 6.32. The van der Waals surface area contributed by atoms with Gasteiger partial charge in [0.05, 0.1) is 12.5 Å². The second-order valence-electron chi connectivity index (χ2n) is 5.92. The topological polar surface area (TPSA) is 60.7 Å². The molecule has 0 bridgehead atoms. The van der Waals surface area contributed by atoms with Crippen molar-refractivity contribution in [2.24, 2.45) is 5.92 Å². The van der Waals surface area contributed by atoms with Gasteiger partial charge in [-0.3, -0.25) is 0 Å². The van der Waals surface area contributed by atoms with Crippen molar-refractivity contribution in [1.82, 2.24) is 0 Å². The van der Waals surface area contributed by atoms with E-state index < -0.39 is 16.4 Å². The normalized spacial score (nSPS) is 24.4. The van der Waals surface area contributed by atoms with Crippen molar-refractivity contribution in [1.29, 1.82) is 5.26 Å². The molecule has 25 heavy (non-hydrogen) atoms. The summed E-state index contributed by atoms with van der Waals surface area (Å²) < 4.78 is 23.1. The van der Waals surface area contributed by atoms with Crippen molar-refractivity contribution in [3.8, 4) is 6.07 Å². The summed E-state index contributed by atoms with van der Waals surface area (Å²) in [5.41, 5.74) is 2.01.